The molecule has 21 heavy (non-hydrogen) atoms. The van der Waals surface area contributed by atoms with Crippen molar-refractivity contribution in [3.05, 3.63) is 23.8 Å². The zero-order chi connectivity index (χ0) is 14.5. The minimum Gasteiger partial charge on any atom is -0.486 e. The molecular weight excluding hydrogens is 266 g/mol. The normalized spacial score (nSPS) is 22.8. The van der Waals surface area contributed by atoms with Gasteiger partial charge in [-0.3, -0.25) is 0 Å². The van der Waals surface area contributed by atoms with Crippen LogP contribution in [0, 0.1) is 5.92 Å². The van der Waals surface area contributed by atoms with Crippen molar-refractivity contribution in [2.75, 3.05) is 33.0 Å². The summed E-state index contributed by atoms with van der Waals surface area (Å²) < 4.78 is 17.3. The van der Waals surface area contributed by atoms with E-state index in [1.54, 1.807) is 0 Å². The van der Waals surface area contributed by atoms with Crippen LogP contribution in [-0.4, -0.2) is 33.0 Å². The average Bonchev–Trinajstić information content (AvgIpc) is 2.56. The SMILES string of the molecule is CCCNC(c1cccc2c1OCCO2)C1CCCOC1. The van der Waals surface area contributed by atoms with Gasteiger partial charge in [0.05, 0.1) is 6.61 Å². The van der Waals surface area contributed by atoms with Crippen LogP contribution in [0.3, 0.4) is 0 Å². The zero-order valence-electron chi connectivity index (χ0n) is 12.8. The van der Waals surface area contributed by atoms with Gasteiger partial charge in [-0.25, -0.2) is 0 Å². The molecule has 1 fully saturated rings. The summed E-state index contributed by atoms with van der Waals surface area (Å²) in [5.41, 5.74) is 1.22. The van der Waals surface area contributed by atoms with E-state index in [0.717, 1.165) is 44.1 Å². The molecule has 0 bridgehead atoms. The van der Waals surface area contributed by atoms with Crippen molar-refractivity contribution in [2.45, 2.75) is 32.2 Å². The van der Waals surface area contributed by atoms with Gasteiger partial charge in [0.25, 0.3) is 0 Å². The van der Waals surface area contributed by atoms with E-state index in [4.69, 9.17) is 14.2 Å². The van der Waals surface area contributed by atoms with Crippen LogP contribution in [0.4, 0.5) is 0 Å². The summed E-state index contributed by atoms with van der Waals surface area (Å²) >= 11 is 0. The van der Waals surface area contributed by atoms with Crippen molar-refractivity contribution in [1.29, 1.82) is 0 Å². The molecule has 0 amide bonds. The first-order valence-corrected chi connectivity index (χ1v) is 8.09. The number of hydrogen-bond donors (Lipinski definition) is 1. The molecule has 1 aromatic carbocycles. The van der Waals surface area contributed by atoms with E-state index in [0.29, 0.717) is 19.1 Å². The van der Waals surface area contributed by atoms with Gasteiger partial charge in [0.1, 0.15) is 13.2 Å². The van der Waals surface area contributed by atoms with E-state index in [1.165, 1.54) is 12.0 Å². The quantitative estimate of drug-likeness (QED) is 0.905. The van der Waals surface area contributed by atoms with Gasteiger partial charge < -0.3 is 19.5 Å². The predicted molar refractivity (Wildman–Crippen MR) is 82.0 cm³/mol. The third-order valence-corrected chi connectivity index (χ3v) is 4.21. The molecule has 4 heteroatoms. The van der Waals surface area contributed by atoms with E-state index in [9.17, 15) is 0 Å². The summed E-state index contributed by atoms with van der Waals surface area (Å²) in [5, 5.41) is 3.69. The van der Waals surface area contributed by atoms with Crippen LogP contribution < -0.4 is 14.8 Å². The fourth-order valence-corrected chi connectivity index (χ4v) is 3.20. The molecule has 2 unspecified atom stereocenters. The highest BCUT2D eigenvalue weighted by molar-refractivity contribution is 5.49. The molecule has 4 nitrogen and oxygen atoms in total. The molecule has 3 rings (SSSR count). The summed E-state index contributed by atoms with van der Waals surface area (Å²) in [6, 6.07) is 6.50. The second-order valence-corrected chi connectivity index (χ2v) is 5.78. The van der Waals surface area contributed by atoms with Crippen LogP contribution in [0.15, 0.2) is 18.2 Å². The van der Waals surface area contributed by atoms with Gasteiger partial charge in [-0.2, -0.15) is 0 Å². The van der Waals surface area contributed by atoms with E-state index >= 15 is 0 Å². The fraction of sp³-hybridized carbons (Fsp3) is 0.647. The van der Waals surface area contributed by atoms with Crippen LogP contribution in [0.25, 0.3) is 0 Å². The van der Waals surface area contributed by atoms with E-state index in [2.05, 4.69) is 24.4 Å². The molecule has 0 aromatic heterocycles. The van der Waals surface area contributed by atoms with Gasteiger partial charge in [-0.15, -0.1) is 0 Å². The average molecular weight is 291 g/mol. The van der Waals surface area contributed by atoms with Crippen LogP contribution in [-0.2, 0) is 4.74 Å². The molecule has 2 atom stereocenters. The highest BCUT2D eigenvalue weighted by Gasteiger charge is 2.29. The lowest BCUT2D eigenvalue weighted by Crippen LogP contribution is -2.34. The first-order chi connectivity index (χ1) is 10.4. The predicted octanol–water partition coefficient (Wildman–Crippen LogP) is 2.93. The number of fused-ring (bicyclic) bond motifs is 1. The number of ether oxygens (including phenoxy) is 3. The van der Waals surface area contributed by atoms with Crippen molar-refractivity contribution in [1.82, 2.24) is 5.32 Å². The molecule has 116 valence electrons. The molecule has 2 aliphatic heterocycles. The Labute approximate surface area is 126 Å². The van der Waals surface area contributed by atoms with Crippen molar-refractivity contribution >= 4 is 0 Å². The zero-order valence-corrected chi connectivity index (χ0v) is 12.8. The van der Waals surface area contributed by atoms with Gasteiger partial charge >= 0.3 is 0 Å². The Kier molecular flexibility index (Phi) is 4.99. The largest absolute Gasteiger partial charge is 0.486 e. The van der Waals surface area contributed by atoms with Gasteiger partial charge in [-0.1, -0.05) is 19.1 Å². The third kappa shape index (κ3) is 3.33. The minimum absolute atomic E-state index is 0.280. The smallest absolute Gasteiger partial charge is 0.166 e. The lowest BCUT2D eigenvalue weighted by atomic mass is 9.88. The Bertz CT molecular complexity index is 457. The van der Waals surface area contributed by atoms with E-state index in [1.807, 2.05) is 6.07 Å². The van der Waals surface area contributed by atoms with Crippen LogP contribution in [0.2, 0.25) is 0 Å². The van der Waals surface area contributed by atoms with Crippen molar-refractivity contribution < 1.29 is 14.2 Å². The van der Waals surface area contributed by atoms with E-state index < -0.39 is 0 Å². The molecule has 2 heterocycles. The molecule has 1 aromatic rings. The topological polar surface area (TPSA) is 39.7 Å². The summed E-state index contributed by atoms with van der Waals surface area (Å²) in [4.78, 5) is 0. The highest BCUT2D eigenvalue weighted by atomic mass is 16.6. The van der Waals surface area contributed by atoms with Gasteiger partial charge in [0.2, 0.25) is 0 Å². The molecule has 0 aliphatic carbocycles. The first-order valence-electron chi connectivity index (χ1n) is 8.09. The number of hydrogen-bond acceptors (Lipinski definition) is 4. The molecule has 0 radical (unpaired) electrons. The molecular formula is C17H25NO3. The van der Waals surface area contributed by atoms with Gasteiger partial charge in [0.15, 0.2) is 11.5 Å². The van der Waals surface area contributed by atoms with Crippen LogP contribution in [0.1, 0.15) is 37.8 Å². The van der Waals surface area contributed by atoms with Gasteiger partial charge in [-0.05, 0) is 31.9 Å². The molecule has 1 saturated heterocycles. The summed E-state index contributed by atoms with van der Waals surface area (Å²) in [6.07, 6.45) is 3.46. The maximum Gasteiger partial charge on any atom is 0.166 e. The number of rotatable bonds is 5. The Morgan fingerprint density at radius 1 is 1.24 bits per heavy atom. The Morgan fingerprint density at radius 2 is 2.14 bits per heavy atom. The standard InChI is InChI=1S/C17H25NO3/c1-2-8-18-16(13-5-4-9-19-12-13)14-6-3-7-15-17(14)21-11-10-20-15/h3,6-7,13,16,18H,2,4-5,8-12H2,1H3. The molecule has 0 saturated carbocycles. The number of nitrogens with one attached hydrogen (secondary N) is 1. The molecule has 0 spiro atoms. The lowest BCUT2D eigenvalue weighted by molar-refractivity contribution is 0.0382. The summed E-state index contributed by atoms with van der Waals surface area (Å²) in [7, 11) is 0. The second-order valence-electron chi connectivity index (χ2n) is 5.78. The third-order valence-electron chi connectivity index (χ3n) is 4.21. The Balaban J connectivity index is 1.87. The van der Waals surface area contributed by atoms with Crippen LogP contribution in [0.5, 0.6) is 11.5 Å². The second kappa shape index (κ2) is 7.14. The maximum absolute atomic E-state index is 5.90. The lowest BCUT2D eigenvalue weighted by Gasteiger charge is -2.33. The molecule has 1 N–H and O–H groups in total. The molecule has 2 aliphatic rings. The Morgan fingerprint density at radius 3 is 2.95 bits per heavy atom. The summed E-state index contributed by atoms with van der Waals surface area (Å²) in [6.45, 7) is 6.18. The van der Waals surface area contributed by atoms with Crippen molar-refractivity contribution in [2.24, 2.45) is 5.92 Å². The summed E-state index contributed by atoms with van der Waals surface area (Å²) in [5.74, 6) is 2.30. The number of benzene rings is 1. The maximum atomic E-state index is 5.90. The first kappa shape index (κ1) is 14.7. The fourth-order valence-electron chi connectivity index (χ4n) is 3.20. The van der Waals surface area contributed by atoms with Gasteiger partial charge in [0, 0.05) is 24.1 Å². The highest BCUT2D eigenvalue weighted by Crippen LogP contribution is 2.40. The minimum atomic E-state index is 0.280. The van der Waals surface area contributed by atoms with Crippen molar-refractivity contribution in [3.63, 3.8) is 0 Å². The van der Waals surface area contributed by atoms with Crippen molar-refractivity contribution in [3.8, 4) is 11.5 Å². The van der Waals surface area contributed by atoms with E-state index in [-0.39, 0.29) is 6.04 Å². The monoisotopic (exact) mass is 291 g/mol. The van der Waals surface area contributed by atoms with Crippen LogP contribution >= 0.6 is 0 Å². The Hall–Kier alpha value is -1.26. The number of para-hydroxylation sites is 1.